The quantitative estimate of drug-likeness (QED) is 0.122. The van der Waals surface area contributed by atoms with Gasteiger partial charge < -0.3 is 47.4 Å². The number of furan rings is 2. The van der Waals surface area contributed by atoms with Gasteiger partial charge in [-0.2, -0.15) is 0 Å². The number of nitrogens with zero attached hydrogens (tertiary/aromatic N) is 2. The normalized spacial score (nSPS) is 18.4. The minimum atomic E-state index is -3.66. The van der Waals surface area contributed by atoms with E-state index in [0.717, 1.165) is 21.1 Å². The number of hydrogen-bond donors (Lipinski definition) is 2. The number of hydrogen-bond acceptors (Lipinski definition) is 14. The molecule has 3 saturated heterocycles. The number of fused-ring (bicyclic) bond motifs is 2. The average molecular weight is 1230 g/mol. The predicted octanol–water partition coefficient (Wildman–Crippen LogP) is 9.94. The molecule has 2 N–H and O–H groups in total. The third kappa shape index (κ3) is 12.8. The molecular weight excluding hydrogens is 1160 g/mol. The van der Waals surface area contributed by atoms with Gasteiger partial charge in [-0.05, 0) is 160 Å². The highest BCUT2D eigenvalue weighted by Gasteiger charge is 2.64. The largest absolute Gasteiger partial charge is 0.497 e. The molecule has 6 aromatic rings. The molecule has 26 heteroatoms. The van der Waals surface area contributed by atoms with Gasteiger partial charge in [0.2, 0.25) is 20.0 Å². The molecule has 0 bridgehead atoms. The maximum Gasteiger partial charge on any atom is 0.497 e. The number of carbonyl (C=O) groups is 2. The second kappa shape index (κ2) is 22.7. The first kappa shape index (κ1) is 64.9. The van der Waals surface area contributed by atoms with Crippen molar-refractivity contribution in [3.05, 3.63) is 100 Å². The highest BCUT2D eigenvalue weighted by molar-refractivity contribution is 9.10. The number of nitrogens with one attached hydrogen (secondary N) is 2. The Labute approximate surface area is 483 Å². The molecule has 5 heterocycles. The lowest BCUT2D eigenvalue weighted by atomic mass is 9.49. The van der Waals surface area contributed by atoms with Gasteiger partial charge in [-0.25, -0.2) is 25.6 Å². The summed E-state index contributed by atoms with van der Waals surface area (Å²) >= 11 is 3.36. The minimum absolute atomic E-state index is 0. The Balaban J connectivity index is 0.000000205. The molecule has 81 heavy (non-hydrogen) atoms. The molecule has 0 aliphatic carbocycles. The summed E-state index contributed by atoms with van der Waals surface area (Å²) in [5, 5.41) is 6.13. The van der Waals surface area contributed by atoms with Crippen LogP contribution in [-0.2, 0) is 48.0 Å². The second-order valence-electron chi connectivity index (χ2n) is 22.8. The number of benzene rings is 4. The monoisotopic (exact) mass is 1230 g/mol. The zero-order valence-electron chi connectivity index (χ0n) is 48.2. The zero-order chi connectivity index (χ0) is 59.8. The summed E-state index contributed by atoms with van der Waals surface area (Å²) in [7, 11) is -3.15. The van der Waals surface area contributed by atoms with Crippen LogP contribution in [0.5, 0.6) is 0 Å². The van der Waals surface area contributed by atoms with Crippen molar-refractivity contribution in [1.82, 2.24) is 10.6 Å². The number of amides is 2. The number of halogens is 3. The summed E-state index contributed by atoms with van der Waals surface area (Å²) in [6, 6.07) is 17.5. The van der Waals surface area contributed by atoms with Gasteiger partial charge in [0.05, 0.1) is 68.6 Å². The van der Waals surface area contributed by atoms with E-state index in [0.29, 0.717) is 48.8 Å². The molecule has 0 unspecified atom stereocenters. The van der Waals surface area contributed by atoms with Crippen molar-refractivity contribution in [2.24, 2.45) is 0 Å². The number of sulfonamides is 2. The van der Waals surface area contributed by atoms with Crippen LogP contribution in [0, 0.1) is 11.6 Å². The van der Waals surface area contributed by atoms with Gasteiger partial charge in [0.15, 0.2) is 0 Å². The van der Waals surface area contributed by atoms with Crippen molar-refractivity contribution in [2.75, 3.05) is 49.3 Å². The maximum atomic E-state index is 13.5. The predicted molar refractivity (Wildman–Crippen MR) is 319 cm³/mol. The van der Waals surface area contributed by atoms with Crippen molar-refractivity contribution < 1.29 is 72.0 Å². The van der Waals surface area contributed by atoms with E-state index in [4.69, 9.17) is 36.8 Å². The van der Waals surface area contributed by atoms with Crippen LogP contribution in [0.3, 0.4) is 0 Å². The van der Waals surface area contributed by atoms with E-state index in [-0.39, 0.29) is 64.0 Å². The van der Waals surface area contributed by atoms with Crippen molar-refractivity contribution in [2.45, 2.75) is 124 Å². The van der Waals surface area contributed by atoms with Crippen LogP contribution >= 0.6 is 15.9 Å². The molecule has 2 aromatic heterocycles. The molecule has 0 spiro atoms. The number of anilines is 2. The Morgan fingerprint density at radius 1 is 0.519 bits per heavy atom. The fraction of sp³-hybridized carbons (Fsp3) is 0.455. The molecule has 3 aliphatic rings. The Bertz CT molecular complexity index is 3510. The van der Waals surface area contributed by atoms with E-state index < -0.39 is 69.9 Å². The van der Waals surface area contributed by atoms with Gasteiger partial charge in [0, 0.05) is 72.2 Å². The van der Waals surface area contributed by atoms with Crippen molar-refractivity contribution in [3.8, 4) is 22.6 Å². The van der Waals surface area contributed by atoms with Crippen LogP contribution in [0.4, 0.5) is 20.2 Å². The summed E-state index contributed by atoms with van der Waals surface area (Å²) in [6.07, 6.45) is 2.18. The highest BCUT2D eigenvalue weighted by Crippen LogP contribution is 2.45. The first-order valence-electron chi connectivity index (χ1n) is 25.4. The topological polar surface area (TPSA) is 215 Å². The van der Waals surface area contributed by atoms with E-state index in [1.54, 1.807) is 24.3 Å². The lowest BCUT2D eigenvalue weighted by molar-refractivity contribution is 0.00578. The van der Waals surface area contributed by atoms with Gasteiger partial charge in [-0.15, -0.1) is 0 Å². The summed E-state index contributed by atoms with van der Waals surface area (Å²) < 4.78 is 126. The molecule has 9 rings (SSSR count). The summed E-state index contributed by atoms with van der Waals surface area (Å²) in [5.41, 5.74) is 0.473. The fourth-order valence-corrected chi connectivity index (χ4v) is 10.3. The van der Waals surface area contributed by atoms with Crippen LogP contribution in [0.15, 0.2) is 86.1 Å². The van der Waals surface area contributed by atoms with E-state index in [1.165, 1.54) is 76.7 Å². The standard InChI is InChI=1S/C24H28BFN2O6S.C18H16BrFN2O4S.C12H24B2O4.CH4/c1-23(2)24(3,4)34-25(33-23)17-12-16-19(13-18(17)28(6)35(7,30)31)32-21(20(16)22(29)27-5)14-8-10-15(26)11-9-14;1-21-18(23)16-12-8-13(19)14(22(2)27(3,24)25)9-15(12)26-17(16)10-4-6-11(20)7-5-10;1-9(2)10(3,4)16-13(15-9)14-17-11(5,6)12(7,8)18-14;/h8-13H,1-7H3,(H,27,29);4-9H,1-3H3,(H,21,23);1-8H3;1H4. The lowest BCUT2D eigenvalue weighted by Crippen LogP contribution is -2.41. The molecule has 3 fully saturated rings. The van der Waals surface area contributed by atoms with Crippen LogP contribution < -0.4 is 24.7 Å². The van der Waals surface area contributed by atoms with Gasteiger partial charge in [0.25, 0.3) is 11.8 Å². The molecule has 438 valence electrons. The summed E-state index contributed by atoms with van der Waals surface area (Å²) in [5.74, 6) is -1.10. The molecule has 0 radical (unpaired) electrons. The highest BCUT2D eigenvalue weighted by atomic mass is 79.9. The molecule has 0 saturated carbocycles. The Hall–Kier alpha value is -5.31. The van der Waals surface area contributed by atoms with Gasteiger partial charge in [-0.1, -0.05) is 7.43 Å². The smallest absolute Gasteiger partial charge is 0.455 e. The first-order valence-corrected chi connectivity index (χ1v) is 29.9. The Morgan fingerprint density at radius 2 is 0.827 bits per heavy atom. The van der Waals surface area contributed by atoms with E-state index in [1.807, 2.05) is 83.1 Å². The fourth-order valence-electron chi connectivity index (χ4n) is 8.59. The van der Waals surface area contributed by atoms with Crippen molar-refractivity contribution in [1.29, 1.82) is 0 Å². The minimum Gasteiger partial charge on any atom is -0.455 e. The first-order chi connectivity index (χ1) is 36.7. The molecule has 4 aromatic carbocycles. The van der Waals surface area contributed by atoms with Gasteiger partial charge >= 0.3 is 21.1 Å². The van der Waals surface area contributed by atoms with E-state index in [2.05, 4.69) is 26.6 Å². The van der Waals surface area contributed by atoms with Crippen molar-refractivity contribution in [3.63, 3.8) is 0 Å². The average Bonchev–Trinajstić information content (AvgIpc) is 4.27. The third-order valence-corrected chi connectivity index (χ3v) is 18.7. The third-order valence-electron chi connectivity index (χ3n) is 15.7. The summed E-state index contributed by atoms with van der Waals surface area (Å²) in [6.45, 7) is 23.8. The second-order valence-corrected chi connectivity index (χ2v) is 27.7. The molecule has 0 atom stereocenters. The Morgan fingerprint density at radius 3 is 1.16 bits per heavy atom. The Kier molecular flexibility index (Phi) is 18.2. The number of rotatable bonds is 10. The van der Waals surface area contributed by atoms with Crippen LogP contribution in [-0.4, -0.2) is 124 Å². The van der Waals surface area contributed by atoms with Crippen LogP contribution in [0.1, 0.15) is 111 Å². The molecular formula is C55H72B3BrF2N4O14S2. The number of carbonyl (C=O) groups excluding carboxylic acids is 2. The summed E-state index contributed by atoms with van der Waals surface area (Å²) in [4.78, 5) is 25.4. The zero-order valence-corrected chi connectivity index (χ0v) is 51.4. The van der Waals surface area contributed by atoms with Crippen LogP contribution in [0.2, 0.25) is 0 Å². The molecule has 3 aliphatic heterocycles. The van der Waals surface area contributed by atoms with Crippen LogP contribution in [0.25, 0.3) is 44.6 Å². The van der Waals surface area contributed by atoms with Gasteiger partial charge in [0.1, 0.15) is 34.3 Å². The van der Waals surface area contributed by atoms with Gasteiger partial charge in [-0.3, -0.25) is 18.2 Å². The molecule has 2 amide bonds. The lowest BCUT2D eigenvalue weighted by Gasteiger charge is -2.32. The van der Waals surface area contributed by atoms with E-state index >= 15 is 0 Å². The SMILES string of the molecule is C.CC1(C)OB(B2OC(C)(C)C(C)(C)O2)OC1(C)C.CNC(=O)c1c(-c2ccc(F)cc2)oc2cc(N(C)S(C)(=O)=O)c(B3OC(C)(C)C(C)(C)O3)cc12.CNC(=O)c1c(-c2ccc(F)cc2)oc2cc(N(C)S(C)(=O)=O)c(Br)cc12. The van der Waals surface area contributed by atoms with E-state index in [9.17, 15) is 35.2 Å². The maximum absolute atomic E-state index is 13.5. The molecule has 18 nitrogen and oxygen atoms in total. The van der Waals surface area contributed by atoms with Crippen molar-refractivity contribution >= 4 is 108 Å².